The van der Waals surface area contributed by atoms with Gasteiger partial charge in [0.25, 0.3) is 0 Å². The quantitative estimate of drug-likeness (QED) is 0.294. The molecule has 0 bridgehead atoms. The third-order valence-electron chi connectivity index (χ3n) is 4.86. The lowest BCUT2D eigenvalue weighted by molar-refractivity contribution is -0.0835. The summed E-state index contributed by atoms with van der Waals surface area (Å²) in [6.45, 7) is 11.4. The van der Waals surface area contributed by atoms with Crippen LogP contribution in [0, 0.1) is 11.3 Å². The second-order valence-electron chi connectivity index (χ2n) is 8.20. The van der Waals surface area contributed by atoms with Gasteiger partial charge in [-0.15, -0.1) is 24.0 Å². The van der Waals surface area contributed by atoms with Crippen LogP contribution >= 0.6 is 35.6 Å². The van der Waals surface area contributed by atoms with E-state index < -0.39 is 6.10 Å². The van der Waals surface area contributed by atoms with Crippen LogP contribution in [0.1, 0.15) is 52.2 Å². The van der Waals surface area contributed by atoms with Crippen molar-refractivity contribution < 1.29 is 9.84 Å². The Morgan fingerprint density at radius 1 is 1.32 bits per heavy atom. The summed E-state index contributed by atoms with van der Waals surface area (Å²) in [5, 5.41) is 17.7. The molecule has 1 heterocycles. The van der Waals surface area contributed by atoms with Crippen LogP contribution in [0.3, 0.4) is 0 Å². The van der Waals surface area contributed by atoms with E-state index in [-0.39, 0.29) is 42.0 Å². The Hall–Kier alpha value is -0.570. The first-order valence-corrected chi connectivity index (χ1v) is 10.3. The van der Waals surface area contributed by atoms with E-state index in [0.717, 1.165) is 32.5 Å². The molecule has 0 amide bonds. The summed E-state index contributed by atoms with van der Waals surface area (Å²) in [7, 11) is 0. The highest BCUT2D eigenvalue weighted by Gasteiger charge is 2.35. The van der Waals surface area contributed by atoms with E-state index in [1.54, 1.807) is 6.07 Å². The Labute approximate surface area is 191 Å². The van der Waals surface area contributed by atoms with Crippen LogP contribution in [0.5, 0.6) is 0 Å². The van der Waals surface area contributed by atoms with Gasteiger partial charge in [-0.25, -0.2) is 0 Å². The molecule has 0 radical (unpaired) electrons. The summed E-state index contributed by atoms with van der Waals surface area (Å²) < 4.78 is 6.06. The van der Waals surface area contributed by atoms with Crippen LogP contribution < -0.4 is 10.6 Å². The largest absolute Gasteiger partial charge is 0.386 e. The molecule has 3 atom stereocenters. The van der Waals surface area contributed by atoms with Crippen molar-refractivity contribution in [2.45, 2.75) is 52.7 Å². The summed E-state index contributed by atoms with van der Waals surface area (Å²) >= 11 is 6.16. The Morgan fingerprint density at radius 2 is 2.04 bits per heavy atom. The summed E-state index contributed by atoms with van der Waals surface area (Å²) in [5.74, 6) is 1.15. The average molecular weight is 524 g/mol. The number of nitrogens with zero attached hydrogens (tertiary/aromatic N) is 1. The fourth-order valence-corrected chi connectivity index (χ4v) is 3.86. The third kappa shape index (κ3) is 7.69. The normalized spacial score (nSPS) is 21.6. The van der Waals surface area contributed by atoms with Crippen molar-refractivity contribution in [3.63, 3.8) is 0 Å². The minimum Gasteiger partial charge on any atom is -0.386 e. The fraction of sp³-hybridized carbons (Fsp3) is 0.667. The van der Waals surface area contributed by atoms with Crippen LogP contribution in [0.15, 0.2) is 29.3 Å². The molecule has 0 aromatic heterocycles. The summed E-state index contributed by atoms with van der Waals surface area (Å²) in [6, 6.07) is 7.33. The van der Waals surface area contributed by atoms with E-state index in [1.807, 2.05) is 25.1 Å². The predicted molar refractivity (Wildman–Crippen MR) is 128 cm³/mol. The van der Waals surface area contributed by atoms with E-state index in [2.05, 4.69) is 36.4 Å². The lowest BCUT2D eigenvalue weighted by Gasteiger charge is -2.40. The Morgan fingerprint density at radius 3 is 2.68 bits per heavy atom. The molecule has 1 aliphatic rings. The number of aliphatic hydroxyl groups excluding tert-OH is 1. The van der Waals surface area contributed by atoms with Crippen molar-refractivity contribution >= 4 is 41.5 Å². The minimum atomic E-state index is -0.727. The second kappa shape index (κ2) is 12.2. The van der Waals surface area contributed by atoms with Crippen molar-refractivity contribution in [1.29, 1.82) is 0 Å². The molecule has 7 heteroatoms. The highest BCUT2D eigenvalue weighted by molar-refractivity contribution is 14.0. The molecule has 160 valence electrons. The lowest BCUT2D eigenvalue weighted by atomic mass is 9.78. The van der Waals surface area contributed by atoms with Gasteiger partial charge >= 0.3 is 0 Å². The van der Waals surface area contributed by atoms with Crippen molar-refractivity contribution in [2.24, 2.45) is 16.3 Å². The lowest BCUT2D eigenvalue weighted by Crippen LogP contribution is -2.47. The zero-order valence-corrected chi connectivity index (χ0v) is 20.5. The number of guanidine groups is 1. The fourth-order valence-electron chi connectivity index (χ4n) is 3.60. The number of benzene rings is 1. The third-order valence-corrected chi connectivity index (χ3v) is 5.21. The number of nitrogens with one attached hydrogen (secondary N) is 2. The summed E-state index contributed by atoms with van der Waals surface area (Å²) in [6.07, 6.45) is 1.75. The first kappa shape index (κ1) is 25.5. The summed E-state index contributed by atoms with van der Waals surface area (Å²) in [4.78, 5) is 4.55. The van der Waals surface area contributed by atoms with Gasteiger partial charge in [0, 0.05) is 36.2 Å². The molecule has 0 spiro atoms. The van der Waals surface area contributed by atoms with E-state index in [4.69, 9.17) is 16.3 Å². The van der Waals surface area contributed by atoms with Crippen LogP contribution in [0.25, 0.3) is 0 Å². The van der Waals surface area contributed by atoms with Gasteiger partial charge in [0.05, 0.1) is 12.6 Å². The Kier molecular flexibility index (Phi) is 11.1. The topological polar surface area (TPSA) is 65.9 Å². The predicted octanol–water partition coefficient (Wildman–Crippen LogP) is 4.39. The summed E-state index contributed by atoms with van der Waals surface area (Å²) in [5.41, 5.74) is 0.815. The maximum Gasteiger partial charge on any atom is 0.191 e. The van der Waals surface area contributed by atoms with E-state index in [1.165, 1.54) is 0 Å². The number of hydrogen-bond donors (Lipinski definition) is 3. The van der Waals surface area contributed by atoms with Crippen molar-refractivity contribution in [2.75, 3.05) is 26.2 Å². The highest BCUT2D eigenvalue weighted by atomic mass is 127. The van der Waals surface area contributed by atoms with Gasteiger partial charge < -0.3 is 20.5 Å². The van der Waals surface area contributed by atoms with Crippen molar-refractivity contribution in [3.8, 4) is 0 Å². The first-order valence-electron chi connectivity index (χ1n) is 9.89. The van der Waals surface area contributed by atoms with Gasteiger partial charge in [-0.1, -0.05) is 50.6 Å². The van der Waals surface area contributed by atoms with Gasteiger partial charge in [-0.2, -0.15) is 0 Å². The molecule has 28 heavy (non-hydrogen) atoms. The zero-order chi connectivity index (χ0) is 19.9. The van der Waals surface area contributed by atoms with E-state index >= 15 is 0 Å². The number of aliphatic hydroxyl groups is 1. The number of ether oxygens (including phenoxy) is 1. The maximum absolute atomic E-state index is 10.4. The molecule has 0 saturated carbocycles. The number of hydrogen-bond acceptors (Lipinski definition) is 3. The molecule has 3 unspecified atom stereocenters. The molecule has 1 fully saturated rings. The van der Waals surface area contributed by atoms with Gasteiger partial charge in [-0.3, -0.25) is 4.99 Å². The first-order chi connectivity index (χ1) is 12.8. The van der Waals surface area contributed by atoms with Crippen LogP contribution in [-0.4, -0.2) is 43.4 Å². The molecule has 1 saturated heterocycles. The maximum atomic E-state index is 10.4. The number of halogens is 2. The minimum absolute atomic E-state index is 0. The molecule has 5 nitrogen and oxygen atoms in total. The van der Waals surface area contributed by atoms with Gasteiger partial charge in [-0.05, 0) is 31.2 Å². The van der Waals surface area contributed by atoms with E-state index in [0.29, 0.717) is 22.5 Å². The standard InChI is InChI=1S/C21H34ClN3O2.HI/c1-5-23-20(25-14-18(26)16-10-6-7-11-17(16)22)24-13-15-9-8-12-27-19(15)21(2,3)4;/h6-7,10-11,15,18-19,26H,5,8-9,12-14H2,1-4H3,(H2,23,24,25);1H. The monoisotopic (exact) mass is 523 g/mol. The molecular weight excluding hydrogens is 489 g/mol. The number of rotatable bonds is 6. The molecule has 0 aliphatic carbocycles. The SMILES string of the molecule is CCNC(=NCC(O)c1ccccc1Cl)NCC1CCCOC1C(C)(C)C.I. The molecule has 1 aromatic carbocycles. The average Bonchev–Trinajstić information content (AvgIpc) is 2.63. The van der Waals surface area contributed by atoms with E-state index in [9.17, 15) is 5.11 Å². The van der Waals surface area contributed by atoms with Crippen LogP contribution in [-0.2, 0) is 4.74 Å². The Bertz CT molecular complexity index is 622. The smallest absolute Gasteiger partial charge is 0.191 e. The van der Waals surface area contributed by atoms with Crippen molar-refractivity contribution in [1.82, 2.24) is 10.6 Å². The molecule has 1 aromatic rings. The van der Waals surface area contributed by atoms with Gasteiger partial charge in [0.15, 0.2) is 5.96 Å². The molecular formula is C21H35ClIN3O2. The van der Waals surface area contributed by atoms with Crippen molar-refractivity contribution in [3.05, 3.63) is 34.9 Å². The zero-order valence-electron chi connectivity index (χ0n) is 17.4. The number of aliphatic imine (C=N–C) groups is 1. The molecule has 3 N–H and O–H groups in total. The molecule has 2 rings (SSSR count). The van der Waals surface area contributed by atoms with Gasteiger partial charge in [0.2, 0.25) is 0 Å². The Balaban J connectivity index is 0.00000392. The van der Waals surface area contributed by atoms with Crippen LogP contribution in [0.4, 0.5) is 0 Å². The molecule has 1 aliphatic heterocycles. The van der Waals surface area contributed by atoms with Gasteiger partial charge in [0.1, 0.15) is 6.10 Å². The second-order valence-corrected chi connectivity index (χ2v) is 8.60. The highest BCUT2D eigenvalue weighted by Crippen LogP contribution is 2.33. The van der Waals surface area contributed by atoms with Crippen LogP contribution in [0.2, 0.25) is 5.02 Å².